The Hall–Kier alpha value is -2.94. The summed E-state index contributed by atoms with van der Waals surface area (Å²) >= 11 is 12.2. The van der Waals surface area contributed by atoms with Crippen LogP contribution < -0.4 is 0 Å². The Labute approximate surface area is 172 Å². The highest BCUT2D eigenvalue weighted by molar-refractivity contribution is 6.31. The molecule has 0 saturated heterocycles. The average molecular weight is 401 g/mol. The van der Waals surface area contributed by atoms with Crippen LogP contribution in [0.15, 0.2) is 84.9 Å². The summed E-state index contributed by atoms with van der Waals surface area (Å²) in [6.07, 6.45) is 0. The van der Waals surface area contributed by atoms with Gasteiger partial charge >= 0.3 is 0 Å². The molecule has 0 aliphatic carbocycles. The van der Waals surface area contributed by atoms with Gasteiger partial charge < -0.3 is 0 Å². The molecule has 5 aromatic rings. The number of benzene rings is 4. The van der Waals surface area contributed by atoms with Crippen LogP contribution >= 0.6 is 23.2 Å². The highest BCUT2D eigenvalue weighted by atomic mass is 35.5. The number of halogens is 2. The molecule has 0 aliphatic rings. The van der Waals surface area contributed by atoms with E-state index in [2.05, 4.69) is 24.3 Å². The lowest BCUT2D eigenvalue weighted by Crippen LogP contribution is -1.96. The molecule has 0 atom stereocenters. The van der Waals surface area contributed by atoms with Crippen molar-refractivity contribution in [2.24, 2.45) is 0 Å². The first kappa shape index (κ1) is 17.2. The third kappa shape index (κ3) is 3.01. The zero-order valence-corrected chi connectivity index (χ0v) is 16.2. The van der Waals surface area contributed by atoms with Crippen molar-refractivity contribution < 1.29 is 0 Å². The monoisotopic (exact) mass is 400 g/mol. The maximum absolute atomic E-state index is 6.09. The largest absolute Gasteiger partial charge is 0.227 e. The first-order valence-electron chi connectivity index (χ1n) is 8.90. The molecule has 2 nitrogen and oxygen atoms in total. The molecular formula is C24H14Cl2N2. The zero-order valence-electron chi connectivity index (χ0n) is 14.7. The van der Waals surface area contributed by atoms with Gasteiger partial charge in [0.25, 0.3) is 0 Å². The lowest BCUT2D eigenvalue weighted by molar-refractivity contribution is 1.23. The standard InChI is InChI=1S/C24H14Cl2N2/c25-18-10-5-16(6-11-18)22-21-14-9-15-3-1-2-4-20(15)23(21)28-24(27-22)17-7-12-19(26)13-8-17/h1-14H. The van der Waals surface area contributed by atoms with Gasteiger partial charge in [-0.2, -0.15) is 0 Å². The Balaban J connectivity index is 1.87. The fourth-order valence-electron chi connectivity index (χ4n) is 3.42. The predicted molar refractivity (Wildman–Crippen MR) is 118 cm³/mol. The molecule has 1 aromatic heterocycles. The van der Waals surface area contributed by atoms with Crippen LogP contribution in [0.1, 0.15) is 0 Å². The summed E-state index contributed by atoms with van der Waals surface area (Å²) in [5.74, 6) is 0.672. The molecular weight excluding hydrogens is 387 g/mol. The van der Waals surface area contributed by atoms with Gasteiger partial charge in [-0.05, 0) is 47.9 Å². The van der Waals surface area contributed by atoms with Crippen LogP contribution in [0.4, 0.5) is 0 Å². The third-order valence-corrected chi connectivity index (χ3v) is 5.32. The van der Waals surface area contributed by atoms with Gasteiger partial charge in [-0.1, -0.05) is 65.7 Å². The van der Waals surface area contributed by atoms with E-state index >= 15 is 0 Å². The molecule has 0 N–H and O–H groups in total. The number of rotatable bonds is 2. The second-order valence-corrected chi connectivity index (χ2v) is 7.47. The summed E-state index contributed by atoms with van der Waals surface area (Å²) in [6, 6.07) is 27.8. The minimum atomic E-state index is 0.672. The van der Waals surface area contributed by atoms with E-state index in [4.69, 9.17) is 33.2 Å². The topological polar surface area (TPSA) is 25.8 Å². The van der Waals surface area contributed by atoms with Gasteiger partial charge in [0.05, 0.1) is 11.2 Å². The van der Waals surface area contributed by atoms with Gasteiger partial charge in [0.2, 0.25) is 0 Å². The fraction of sp³-hybridized carbons (Fsp3) is 0. The van der Waals surface area contributed by atoms with Crippen molar-refractivity contribution in [1.82, 2.24) is 9.97 Å². The van der Waals surface area contributed by atoms with Crippen LogP contribution in [0.5, 0.6) is 0 Å². The molecule has 0 aliphatic heterocycles. The van der Waals surface area contributed by atoms with Crippen LogP contribution in [0.2, 0.25) is 10.0 Å². The summed E-state index contributed by atoms with van der Waals surface area (Å²) in [7, 11) is 0. The van der Waals surface area contributed by atoms with E-state index in [0.29, 0.717) is 15.9 Å². The van der Waals surface area contributed by atoms with Crippen LogP contribution in [-0.4, -0.2) is 9.97 Å². The van der Waals surface area contributed by atoms with E-state index in [0.717, 1.165) is 38.5 Å². The number of hydrogen-bond acceptors (Lipinski definition) is 2. The van der Waals surface area contributed by atoms with Gasteiger partial charge in [0.1, 0.15) is 0 Å². The first-order chi connectivity index (χ1) is 13.7. The van der Waals surface area contributed by atoms with Gasteiger partial charge in [0, 0.05) is 31.9 Å². The number of aromatic nitrogens is 2. The Morgan fingerprint density at radius 1 is 0.536 bits per heavy atom. The van der Waals surface area contributed by atoms with Crippen LogP contribution in [0, 0.1) is 0 Å². The van der Waals surface area contributed by atoms with Gasteiger partial charge in [-0.25, -0.2) is 9.97 Å². The van der Waals surface area contributed by atoms with E-state index in [1.165, 1.54) is 0 Å². The molecule has 4 heteroatoms. The molecule has 5 rings (SSSR count). The Morgan fingerprint density at radius 3 is 1.89 bits per heavy atom. The van der Waals surface area contributed by atoms with Crippen molar-refractivity contribution in [3.8, 4) is 22.6 Å². The van der Waals surface area contributed by atoms with Crippen molar-refractivity contribution in [2.75, 3.05) is 0 Å². The molecule has 0 radical (unpaired) electrons. The minimum Gasteiger partial charge on any atom is -0.227 e. The Kier molecular flexibility index (Phi) is 4.23. The highest BCUT2D eigenvalue weighted by Crippen LogP contribution is 2.33. The molecule has 0 bridgehead atoms. The van der Waals surface area contributed by atoms with Gasteiger partial charge in [-0.15, -0.1) is 0 Å². The van der Waals surface area contributed by atoms with Crippen LogP contribution in [-0.2, 0) is 0 Å². The first-order valence-corrected chi connectivity index (χ1v) is 9.66. The summed E-state index contributed by atoms with van der Waals surface area (Å²) in [4.78, 5) is 9.84. The van der Waals surface area contributed by atoms with Crippen molar-refractivity contribution in [3.05, 3.63) is 95.0 Å². The van der Waals surface area contributed by atoms with E-state index in [1.54, 1.807) is 0 Å². The molecule has 0 unspecified atom stereocenters. The number of fused-ring (bicyclic) bond motifs is 3. The maximum atomic E-state index is 6.09. The van der Waals surface area contributed by atoms with Gasteiger partial charge in [0.15, 0.2) is 5.82 Å². The summed E-state index contributed by atoms with van der Waals surface area (Å²) in [5, 5.41) is 4.66. The van der Waals surface area contributed by atoms with Crippen molar-refractivity contribution in [1.29, 1.82) is 0 Å². The molecule has 0 spiro atoms. The molecule has 134 valence electrons. The van der Waals surface area contributed by atoms with Crippen LogP contribution in [0.3, 0.4) is 0 Å². The van der Waals surface area contributed by atoms with E-state index < -0.39 is 0 Å². The lowest BCUT2D eigenvalue weighted by Gasteiger charge is -2.11. The van der Waals surface area contributed by atoms with Gasteiger partial charge in [-0.3, -0.25) is 0 Å². The van der Waals surface area contributed by atoms with Crippen molar-refractivity contribution >= 4 is 44.9 Å². The van der Waals surface area contributed by atoms with E-state index in [9.17, 15) is 0 Å². The maximum Gasteiger partial charge on any atom is 0.160 e. The Morgan fingerprint density at radius 2 is 1.18 bits per heavy atom. The molecule has 0 amide bonds. The third-order valence-electron chi connectivity index (χ3n) is 4.81. The molecule has 28 heavy (non-hydrogen) atoms. The van der Waals surface area contributed by atoms with E-state index in [-0.39, 0.29) is 0 Å². The smallest absolute Gasteiger partial charge is 0.160 e. The predicted octanol–water partition coefficient (Wildman–Crippen LogP) is 7.42. The highest BCUT2D eigenvalue weighted by Gasteiger charge is 2.13. The average Bonchev–Trinajstić information content (AvgIpc) is 2.74. The second kappa shape index (κ2) is 6.90. The fourth-order valence-corrected chi connectivity index (χ4v) is 3.67. The van der Waals surface area contributed by atoms with E-state index in [1.807, 2.05) is 60.7 Å². The Bertz CT molecular complexity index is 1310. The number of nitrogens with zero attached hydrogens (tertiary/aromatic N) is 2. The van der Waals surface area contributed by atoms with Crippen molar-refractivity contribution in [3.63, 3.8) is 0 Å². The second-order valence-electron chi connectivity index (χ2n) is 6.59. The van der Waals surface area contributed by atoms with Crippen molar-refractivity contribution in [2.45, 2.75) is 0 Å². The summed E-state index contributed by atoms with van der Waals surface area (Å²) in [5.41, 5.74) is 3.75. The quantitative estimate of drug-likeness (QED) is 0.288. The summed E-state index contributed by atoms with van der Waals surface area (Å²) < 4.78 is 0. The molecule has 1 heterocycles. The molecule has 0 fully saturated rings. The normalized spacial score (nSPS) is 11.2. The SMILES string of the molecule is Clc1ccc(-c2nc(-c3ccc(Cl)cc3)c3ccc4ccccc4c3n2)cc1. The van der Waals surface area contributed by atoms with Crippen LogP contribution in [0.25, 0.3) is 44.3 Å². The summed E-state index contributed by atoms with van der Waals surface area (Å²) in [6.45, 7) is 0. The zero-order chi connectivity index (χ0) is 19.1. The molecule has 0 saturated carbocycles. The lowest BCUT2D eigenvalue weighted by atomic mass is 10.0. The molecule has 4 aromatic carbocycles. The minimum absolute atomic E-state index is 0.672. The number of hydrogen-bond donors (Lipinski definition) is 0.